The number of aliphatic hydroxyl groups excluding tert-OH is 1. The maximum atomic E-state index is 13.4. The molecule has 1 fully saturated rings. The van der Waals surface area contributed by atoms with Crippen molar-refractivity contribution in [2.24, 2.45) is 0 Å². The number of unbranched alkanes of at least 4 members (excludes halogenated alkanes) is 1. The van der Waals surface area contributed by atoms with Crippen LogP contribution in [-0.4, -0.2) is 41.0 Å². The molecule has 1 amide bonds. The Hall–Kier alpha value is -3.98. The largest absolute Gasteiger partial charge is 0.507 e. The first-order valence-electron chi connectivity index (χ1n) is 12.1. The Morgan fingerprint density at radius 1 is 1.11 bits per heavy atom. The van der Waals surface area contributed by atoms with Crippen LogP contribution in [0.4, 0.5) is 5.13 Å². The third-order valence-electron chi connectivity index (χ3n) is 5.89. The third-order valence-corrected chi connectivity index (χ3v) is 7.02. The lowest BCUT2D eigenvalue weighted by molar-refractivity contribution is -0.132. The molecule has 1 aromatic heterocycles. The number of amides is 1. The van der Waals surface area contributed by atoms with Gasteiger partial charge in [0.15, 0.2) is 5.13 Å². The maximum Gasteiger partial charge on any atom is 0.350 e. The number of nitrogens with zero attached hydrogens (tertiary/aromatic N) is 2. The number of anilines is 1. The van der Waals surface area contributed by atoms with Gasteiger partial charge in [-0.05, 0) is 38.0 Å². The van der Waals surface area contributed by atoms with Gasteiger partial charge in [0.1, 0.15) is 16.4 Å². The van der Waals surface area contributed by atoms with Gasteiger partial charge in [0, 0.05) is 5.56 Å². The molecule has 1 aliphatic heterocycles. The van der Waals surface area contributed by atoms with Gasteiger partial charge in [0.05, 0.1) is 30.5 Å². The van der Waals surface area contributed by atoms with E-state index in [9.17, 15) is 19.5 Å². The van der Waals surface area contributed by atoms with Gasteiger partial charge in [-0.3, -0.25) is 14.5 Å². The van der Waals surface area contributed by atoms with Crippen LogP contribution >= 0.6 is 11.3 Å². The number of carbonyl (C=O) groups excluding carboxylic acids is 3. The molecule has 1 aliphatic rings. The summed E-state index contributed by atoms with van der Waals surface area (Å²) in [4.78, 5) is 45.0. The Bertz CT molecular complexity index is 1350. The third kappa shape index (κ3) is 5.27. The predicted molar refractivity (Wildman–Crippen MR) is 141 cm³/mol. The van der Waals surface area contributed by atoms with Crippen molar-refractivity contribution in [3.63, 3.8) is 0 Å². The van der Waals surface area contributed by atoms with Crippen molar-refractivity contribution >= 4 is 39.9 Å². The Balaban J connectivity index is 1.82. The van der Waals surface area contributed by atoms with Crippen LogP contribution in [-0.2, 0) is 14.3 Å². The molecule has 0 radical (unpaired) electrons. The monoisotopic (exact) mass is 520 g/mol. The first-order valence-corrected chi connectivity index (χ1v) is 12.9. The highest BCUT2D eigenvalue weighted by atomic mass is 32.1. The van der Waals surface area contributed by atoms with Crippen LogP contribution in [0.5, 0.6) is 5.75 Å². The summed E-state index contributed by atoms with van der Waals surface area (Å²) in [7, 11) is 0. The molecule has 9 heteroatoms. The lowest BCUT2D eigenvalue weighted by Crippen LogP contribution is -2.29. The van der Waals surface area contributed by atoms with Crippen LogP contribution < -0.4 is 9.64 Å². The summed E-state index contributed by atoms with van der Waals surface area (Å²) in [5, 5.41) is 11.5. The van der Waals surface area contributed by atoms with Crippen molar-refractivity contribution in [2.75, 3.05) is 18.1 Å². The van der Waals surface area contributed by atoms with Gasteiger partial charge in [-0.1, -0.05) is 67.1 Å². The molecular formula is C28H28N2O6S. The van der Waals surface area contributed by atoms with Gasteiger partial charge in [-0.2, -0.15) is 0 Å². The number of aliphatic hydroxyl groups is 1. The summed E-state index contributed by atoms with van der Waals surface area (Å²) in [5.74, 6) is -1.98. The van der Waals surface area contributed by atoms with E-state index in [2.05, 4.69) is 11.9 Å². The summed E-state index contributed by atoms with van der Waals surface area (Å²) in [6.45, 7) is 6.13. The number of benzene rings is 2. The number of carbonyl (C=O) groups is 3. The van der Waals surface area contributed by atoms with Crippen LogP contribution in [0.15, 0.2) is 60.2 Å². The van der Waals surface area contributed by atoms with Crippen molar-refractivity contribution in [1.82, 2.24) is 4.98 Å². The minimum absolute atomic E-state index is 0.0626. The maximum absolute atomic E-state index is 13.4. The van der Waals surface area contributed by atoms with Gasteiger partial charge in [-0.15, -0.1) is 0 Å². The van der Waals surface area contributed by atoms with Crippen molar-refractivity contribution in [3.8, 4) is 5.75 Å². The molecule has 1 saturated heterocycles. The van der Waals surface area contributed by atoms with E-state index >= 15 is 0 Å². The molecule has 1 atom stereocenters. The molecule has 192 valence electrons. The highest BCUT2D eigenvalue weighted by Gasteiger charge is 2.48. The molecule has 2 aromatic carbocycles. The predicted octanol–water partition coefficient (Wildman–Crippen LogP) is 5.43. The zero-order valence-corrected chi connectivity index (χ0v) is 21.7. The molecule has 8 nitrogen and oxygen atoms in total. The Morgan fingerprint density at radius 3 is 2.57 bits per heavy atom. The number of hydrogen-bond acceptors (Lipinski definition) is 8. The first kappa shape index (κ1) is 26.1. The molecule has 4 rings (SSSR count). The average molecular weight is 521 g/mol. The van der Waals surface area contributed by atoms with Gasteiger partial charge in [-0.25, -0.2) is 9.78 Å². The smallest absolute Gasteiger partial charge is 0.350 e. The van der Waals surface area contributed by atoms with Gasteiger partial charge in [0.25, 0.3) is 5.78 Å². The zero-order valence-electron chi connectivity index (χ0n) is 20.9. The zero-order chi connectivity index (χ0) is 26.5. The Morgan fingerprint density at radius 2 is 1.86 bits per heavy atom. The molecule has 2 heterocycles. The van der Waals surface area contributed by atoms with E-state index in [1.165, 1.54) is 4.90 Å². The number of thiazole rings is 1. The summed E-state index contributed by atoms with van der Waals surface area (Å²) in [6, 6.07) is 14.8. The standard InChI is InChI=1S/C28H28N2O6S/c1-4-6-15-36-20-14-10-13-19(16-20)23(31)21-22(18-11-8-7-9-12-18)30(26(33)24(21)32)28-29-17(3)25(37-28)27(34)35-5-2/h7-14,16,22,31H,4-6,15H2,1-3H3. The van der Waals surface area contributed by atoms with E-state index in [0.717, 1.165) is 24.2 Å². The van der Waals surface area contributed by atoms with Crippen LogP contribution in [0.2, 0.25) is 0 Å². The lowest BCUT2D eigenvalue weighted by atomic mass is 9.95. The number of aromatic nitrogens is 1. The lowest BCUT2D eigenvalue weighted by Gasteiger charge is -2.23. The SMILES string of the molecule is CCCCOc1cccc(C(O)=C2C(=O)C(=O)N(c3nc(C)c(C(=O)OCC)s3)C2c2ccccc2)c1. The minimum atomic E-state index is -0.938. The minimum Gasteiger partial charge on any atom is -0.507 e. The van der Waals surface area contributed by atoms with Crippen LogP contribution in [0.1, 0.15) is 59.2 Å². The highest BCUT2D eigenvalue weighted by Crippen LogP contribution is 2.44. The van der Waals surface area contributed by atoms with E-state index in [1.54, 1.807) is 62.4 Å². The number of ketones is 1. The van der Waals surface area contributed by atoms with E-state index in [4.69, 9.17) is 9.47 Å². The van der Waals surface area contributed by atoms with Crippen molar-refractivity contribution in [3.05, 3.63) is 81.9 Å². The topological polar surface area (TPSA) is 106 Å². The van der Waals surface area contributed by atoms with Crippen LogP contribution in [0, 0.1) is 6.92 Å². The molecular weight excluding hydrogens is 492 g/mol. The van der Waals surface area contributed by atoms with Crippen molar-refractivity contribution in [1.29, 1.82) is 0 Å². The summed E-state index contributed by atoms with van der Waals surface area (Å²) in [5.41, 5.74) is 1.30. The van der Waals surface area contributed by atoms with E-state index < -0.39 is 23.7 Å². The molecule has 3 aromatic rings. The molecule has 1 unspecified atom stereocenters. The fraction of sp³-hybridized carbons (Fsp3) is 0.286. The summed E-state index contributed by atoms with van der Waals surface area (Å²) in [6.07, 6.45) is 1.87. The second-order valence-corrected chi connectivity index (χ2v) is 9.42. The Labute approximate surface area is 219 Å². The molecule has 0 spiro atoms. The second kappa shape index (κ2) is 11.4. The fourth-order valence-corrected chi connectivity index (χ4v) is 5.06. The number of esters is 1. The Kier molecular flexibility index (Phi) is 8.03. The number of ether oxygens (including phenoxy) is 2. The fourth-order valence-electron chi connectivity index (χ4n) is 4.07. The number of rotatable bonds is 9. The van der Waals surface area contributed by atoms with E-state index in [1.807, 2.05) is 6.07 Å². The molecule has 37 heavy (non-hydrogen) atoms. The average Bonchev–Trinajstić information content (AvgIpc) is 3.41. The first-order chi connectivity index (χ1) is 17.9. The van der Waals surface area contributed by atoms with E-state index in [-0.39, 0.29) is 27.9 Å². The summed E-state index contributed by atoms with van der Waals surface area (Å²) >= 11 is 0.975. The van der Waals surface area contributed by atoms with Crippen LogP contribution in [0.3, 0.4) is 0 Å². The molecule has 1 N–H and O–H groups in total. The molecule has 0 aliphatic carbocycles. The number of Topliss-reactive ketones (excluding diaryl/α,β-unsaturated/α-hetero) is 1. The molecule has 0 saturated carbocycles. The summed E-state index contributed by atoms with van der Waals surface area (Å²) < 4.78 is 10.9. The van der Waals surface area contributed by atoms with Gasteiger partial charge in [0.2, 0.25) is 0 Å². The number of hydrogen-bond donors (Lipinski definition) is 1. The van der Waals surface area contributed by atoms with Gasteiger partial charge >= 0.3 is 11.9 Å². The normalized spacial score (nSPS) is 16.7. The van der Waals surface area contributed by atoms with Crippen molar-refractivity contribution < 1.29 is 29.0 Å². The van der Waals surface area contributed by atoms with Crippen molar-refractivity contribution in [2.45, 2.75) is 39.7 Å². The van der Waals surface area contributed by atoms with E-state index in [0.29, 0.717) is 29.2 Å². The quantitative estimate of drug-likeness (QED) is 0.132. The van der Waals surface area contributed by atoms with Gasteiger partial charge < -0.3 is 14.6 Å². The second-order valence-electron chi connectivity index (χ2n) is 8.44. The van der Waals surface area contributed by atoms with Crippen LogP contribution in [0.25, 0.3) is 5.76 Å². The number of aryl methyl sites for hydroxylation is 1. The highest BCUT2D eigenvalue weighted by molar-refractivity contribution is 7.17. The molecule has 0 bridgehead atoms.